The molecule has 0 aromatic heterocycles. The third kappa shape index (κ3) is 3.41. The van der Waals surface area contributed by atoms with Crippen molar-refractivity contribution >= 4 is 0 Å². The van der Waals surface area contributed by atoms with Crippen molar-refractivity contribution in [1.82, 2.24) is 4.90 Å². The van der Waals surface area contributed by atoms with Crippen LogP contribution >= 0.6 is 0 Å². The van der Waals surface area contributed by atoms with Crippen molar-refractivity contribution in [2.45, 2.75) is 50.6 Å². The second kappa shape index (κ2) is 6.80. The highest BCUT2D eigenvalue weighted by Crippen LogP contribution is 2.39. The van der Waals surface area contributed by atoms with Crippen molar-refractivity contribution in [3.8, 4) is 5.75 Å². The van der Waals surface area contributed by atoms with Gasteiger partial charge in [0.05, 0.1) is 7.11 Å². The molecule has 0 bridgehead atoms. The molecular formula is C18H30N2O. The highest BCUT2D eigenvalue weighted by Gasteiger charge is 2.42. The first-order valence-electron chi connectivity index (χ1n) is 8.04. The van der Waals surface area contributed by atoms with Crippen LogP contribution in [0.1, 0.15) is 38.2 Å². The van der Waals surface area contributed by atoms with Crippen molar-refractivity contribution in [3.05, 3.63) is 29.8 Å². The standard InChI is InChI=1S/C18H30N2O/c1-14-8-7-11-18(13-14,20(2)3)17(19)12-15-9-5-6-10-16(15)21-4/h5-6,9-10,14,17H,7-8,11-13,19H2,1-4H3. The molecule has 0 saturated heterocycles. The number of ether oxygens (including phenoxy) is 1. The SMILES string of the molecule is COc1ccccc1CC(N)C1(N(C)C)CCCC(C)C1. The maximum atomic E-state index is 6.70. The molecule has 2 N–H and O–H groups in total. The van der Waals surface area contributed by atoms with Crippen molar-refractivity contribution in [3.63, 3.8) is 0 Å². The molecular weight excluding hydrogens is 260 g/mol. The summed E-state index contributed by atoms with van der Waals surface area (Å²) in [6, 6.07) is 8.36. The molecule has 1 aromatic rings. The Bertz CT molecular complexity index is 460. The van der Waals surface area contributed by atoms with Crippen LogP contribution in [0.15, 0.2) is 24.3 Å². The molecule has 0 radical (unpaired) electrons. The Morgan fingerprint density at radius 3 is 2.71 bits per heavy atom. The second-order valence-electron chi connectivity index (χ2n) is 6.82. The highest BCUT2D eigenvalue weighted by molar-refractivity contribution is 5.34. The number of hydrogen-bond donors (Lipinski definition) is 1. The number of likely N-dealkylation sites (N-methyl/N-ethyl adjacent to an activating group) is 1. The van der Waals surface area contributed by atoms with Crippen LogP contribution in [0.25, 0.3) is 0 Å². The van der Waals surface area contributed by atoms with Gasteiger partial charge in [-0.05, 0) is 50.9 Å². The van der Waals surface area contributed by atoms with Crippen LogP contribution in [0.3, 0.4) is 0 Å². The van der Waals surface area contributed by atoms with Gasteiger partial charge in [0, 0.05) is 11.6 Å². The summed E-state index contributed by atoms with van der Waals surface area (Å²) < 4.78 is 5.48. The number of rotatable bonds is 5. The smallest absolute Gasteiger partial charge is 0.122 e. The number of nitrogens with zero attached hydrogens (tertiary/aromatic N) is 1. The summed E-state index contributed by atoms with van der Waals surface area (Å²) in [5.41, 5.74) is 8.03. The lowest BCUT2D eigenvalue weighted by molar-refractivity contribution is 0.0502. The first kappa shape index (κ1) is 16.3. The molecule has 0 spiro atoms. The summed E-state index contributed by atoms with van der Waals surface area (Å²) in [5.74, 6) is 1.70. The predicted octanol–water partition coefficient (Wildman–Crippen LogP) is 3.08. The predicted molar refractivity (Wildman–Crippen MR) is 88.7 cm³/mol. The van der Waals surface area contributed by atoms with Gasteiger partial charge in [-0.15, -0.1) is 0 Å². The van der Waals surface area contributed by atoms with Gasteiger partial charge in [0.1, 0.15) is 5.75 Å². The third-order valence-corrected chi connectivity index (χ3v) is 5.22. The van der Waals surface area contributed by atoms with E-state index in [1.165, 1.54) is 31.2 Å². The van der Waals surface area contributed by atoms with E-state index in [9.17, 15) is 0 Å². The molecule has 1 saturated carbocycles. The largest absolute Gasteiger partial charge is 0.496 e. The van der Waals surface area contributed by atoms with Crippen molar-refractivity contribution in [2.24, 2.45) is 11.7 Å². The fraction of sp³-hybridized carbons (Fsp3) is 0.667. The van der Waals surface area contributed by atoms with Crippen LogP contribution in [0.5, 0.6) is 5.75 Å². The Morgan fingerprint density at radius 2 is 2.10 bits per heavy atom. The van der Waals surface area contributed by atoms with E-state index in [0.29, 0.717) is 0 Å². The van der Waals surface area contributed by atoms with Gasteiger partial charge in [-0.1, -0.05) is 38.0 Å². The number of para-hydroxylation sites is 1. The summed E-state index contributed by atoms with van der Waals surface area (Å²) in [4.78, 5) is 2.36. The monoisotopic (exact) mass is 290 g/mol. The summed E-state index contributed by atoms with van der Waals surface area (Å²) in [6.07, 6.45) is 5.86. The molecule has 21 heavy (non-hydrogen) atoms. The quantitative estimate of drug-likeness (QED) is 0.905. The van der Waals surface area contributed by atoms with E-state index in [0.717, 1.165) is 18.1 Å². The van der Waals surface area contributed by atoms with E-state index in [4.69, 9.17) is 10.5 Å². The lowest BCUT2D eigenvalue weighted by Crippen LogP contribution is -2.60. The summed E-state index contributed by atoms with van der Waals surface area (Å²) in [5, 5.41) is 0. The van der Waals surface area contributed by atoms with Gasteiger partial charge in [0.15, 0.2) is 0 Å². The maximum absolute atomic E-state index is 6.70. The molecule has 1 aliphatic rings. The molecule has 3 atom stereocenters. The zero-order chi connectivity index (χ0) is 15.5. The van der Waals surface area contributed by atoms with Crippen LogP contribution in [0.2, 0.25) is 0 Å². The highest BCUT2D eigenvalue weighted by atomic mass is 16.5. The second-order valence-corrected chi connectivity index (χ2v) is 6.82. The molecule has 1 fully saturated rings. The molecule has 0 amide bonds. The van der Waals surface area contributed by atoms with Crippen LogP contribution in [-0.2, 0) is 6.42 Å². The third-order valence-electron chi connectivity index (χ3n) is 5.22. The number of nitrogens with two attached hydrogens (primary N) is 1. The van der Waals surface area contributed by atoms with Crippen LogP contribution in [-0.4, -0.2) is 37.7 Å². The van der Waals surface area contributed by atoms with Gasteiger partial charge >= 0.3 is 0 Å². The van der Waals surface area contributed by atoms with Gasteiger partial charge < -0.3 is 15.4 Å². The number of methoxy groups -OCH3 is 1. The Labute approximate surface area is 129 Å². The zero-order valence-corrected chi connectivity index (χ0v) is 13.9. The van der Waals surface area contributed by atoms with Crippen LogP contribution in [0.4, 0.5) is 0 Å². The molecule has 3 nitrogen and oxygen atoms in total. The molecule has 1 aliphatic carbocycles. The first-order valence-corrected chi connectivity index (χ1v) is 8.04. The molecule has 2 rings (SSSR count). The molecule has 0 heterocycles. The fourth-order valence-corrected chi connectivity index (χ4v) is 3.94. The van der Waals surface area contributed by atoms with Gasteiger partial charge in [0.2, 0.25) is 0 Å². The van der Waals surface area contributed by atoms with E-state index in [-0.39, 0.29) is 11.6 Å². The van der Waals surface area contributed by atoms with Crippen molar-refractivity contribution in [2.75, 3.05) is 21.2 Å². The van der Waals surface area contributed by atoms with Crippen molar-refractivity contribution in [1.29, 1.82) is 0 Å². The fourth-order valence-electron chi connectivity index (χ4n) is 3.94. The normalized spacial score (nSPS) is 27.6. The van der Waals surface area contributed by atoms with E-state index < -0.39 is 0 Å². The average molecular weight is 290 g/mol. The van der Waals surface area contributed by atoms with Crippen molar-refractivity contribution < 1.29 is 4.74 Å². The van der Waals surface area contributed by atoms with Gasteiger partial charge in [-0.25, -0.2) is 0 Å². The number of benzene rings is 1. The minimum Gasteiger partial charge on any atom is -0.496 e. The molecule has 3 heteroatoms. The lowest BCUT2D eigenvalue weighted by Gasteiger charge is -2.49. The molecule has 3 unspecified atom stereocenters. The van der Waals surface area contributed by atoms with E-state index in [2.05, 4.69) is 38.1 Å². The molecule has 1 aromatic carbocycles. The maximum Gasteiger partial charge on any atom is 0.122 e. The van der Waals surface area contributed by atoms with Gasteiger partial charge in [-0.3, -0.25) is 0 Å². The molecule has 0 aliphatic heterocycles. The summed E-state index contributed by atoms with van der Waals surface area (Å²) in [6.45, 7) is 2.35. The summed E-state index contributed by atoms with van der Waals surface area (Å²) in [7, 11) is 6.09. The van der Waals surface area contributed by atoms with E-state index in [1.54, 1.807) is 7.11 Å². The molecule has 118 valence electrons. The Morgan fingerprint density at radius 1 is 1.38 bits per heavy atom. The van der Waals surface area contributed by atoms with Crippen LogP contribution in [0, 0.1) is 5.92 Å². The zero-order valence-electron chi connectivity index (χ0n) is 13.9. The van der Waals surface area contributed by atoms with E-state index >= 15 is 0 Å². The topological polar surface area (TPSA) is 38.5 Å². The Balaban J connectivity index is 2.21. The van der Waals surface area contributed by atoms with Gasteiger partial charge in [-0.2, -0.15) is 0 Å². The first-order chi connectivity index (χ1) is 9.99. The van der Waals surface area contributed by atoms with E-state index in [1.807, 2.05) is 12.1 Å². The number of hydrogen-bond acceptors (Lipinski definition) is 3. The summed E-state index contributed by atoms with van der Waals surface area (Å²) >= 11 is 0. The minimum absolute atomic E-state index is 0.110. The Hall–Kier alpha value is -1.06. The minimum atomic E-state index is 0.110. The lowest BCUT2D eigenvalue weighted by atomic mass is 9.70. The van der Waals surface area contributed by atoms with Gasteiger partial charge in [0.25, 0.3) is 0 Å². The average Bonchev–Trinajstić information content (AvgIpc) is 2.47. The Kier molecular flexibility index (Phi) is 5.28. The van der Waals surface area contributed by atoms with Crippen LogP contribution < -0.4 is 10.5 Å².